The number of rotatable bonds is 4. The van der Waals surface area contributed by atoms with Crippen LogP contribution >= 0.6 is 0 Å². The van der Waals surface area contributed by atoms with Crippen LogP contribution in [0, 0.1) is 0 Å². The lowest BCUT2D eigenvalue weighted by Gasteiger charge is -2.42. The summed E-state index contributed by atoms with van der Waals surface area (Å²) in [6.45, 7) is 0.727. The van der Waals surface area contributed by atoms with Crippen LogP contribution in [0.1, 0.15) is 49.7 Å². The summed E-state index contributed by atoms with van der Waals surface area (Å²) >= 11 is 0. The zero-order valence-corrected chi connectivity index (χ0v) is 11.1. The minimum absolute atomic E-state index is 0.0532. The first kappa shape index (κ1) is 12.0. The smallest absolute Gasteiger partial charge is 0.120 e. The van der Waals surface area contributed by atoms with E-state index < -0.39 is 0 Å². The van der Waals surface area contributed by atoms with Gasteiger partial charge < -0.3 is 10.5 Å². The average molecular weight is 245 g/mol. The molecule has 0 amide bonds. The lowest BCUT2D eigenvalue weighted by Crippen LogP contribution is -2.44. The molecule has 18 heavy (non-hydrogen) atoms. The molecule has 0 aliphatic heterocycles. The van der Waals surface area contributed by atoms with Gasteiger partial charge in [0.1, 0.15) is 11.4 Å². The van der Waals surface area contributed by atoms with E-state index in [2.05, 4.69) is 18.2 Å². The number of nitrogens with two attached hydrogens (primary N) is 1. The van der Waals surface area contributed by atoms with E-state index in [4.69, 9.17) is 10.5 Å². The maximum atomic E-state index is 6.26. The van der Waals surface area contributed by atoms with Crippen LogP contribution in [0.15, 0.2) is 18.2 Å². The molecule has 2 aliphatic carbocycles. The van der Waals surface area contributed by atoms with Gasteiger partial charge in [0.2, 0.25) is 0 Å². The van der Waals surface area contributed by atoms with Crippen molar-refractivity contribution in [3.63, 3.8) is 0 Å². The molecule has 3 rings (SSSR count). The number of ether oxygens (including phenoxy) is 1. The second kappa shape index (κ2) is 4.93. The van der Waals surface area contributed by atoms with Gasteiger partial charge in [0, 0.05) is 0 Å². The van der Waals surface area contributed by atoms with Crippen molar-refractivity contribution in [1.29, 1.82) is 0 Å². The standard InChI is InChI=1S/C16H23NO/c17-11-10-16(8-3-9-16)18-15-7-6-13-4-1-2-5-14(13)12-15/h6-7,12H,1-5,8-11,17H2. The van der Waals surface area contributed by atoms with Gasteiger partial charge in [-0.05, 0) is 81.2 Å². The molecule has 0 spiro atoms. The van der Waals surface area contributed by atoms with Crippen molar-refractivity contribution in [1.82, 2.24) is 0 Å². The Morgan fingerprint density at radius 1 is 1.06 bits per heavy atom. The van der Waals surface area contributed by atoms with Crippen molar-refractivity contribution >= 4 is 0 Å². The Morgan fingerprint density at radius 2 is 1.83 bits per heavy atom. The van der Waals surface area contributed by atoms with Gasteiger partial charge in [-0.25, -0.2) is 0 Å². The van der Waals surface area contributed by atoms with Crippen LogP contribution in [0.2, 0.25) is 0 Å². The number of aryl methyl sites for hydroxylation is 2. The summed E-state index contributed by atoms with van der Waals surface area (Å²) in [5.41, 5.74) is 8.79. The first-order valence-electron chi connectivity index (χ1n) is 7.32. The molecular formula is C16H23NO. The van der Waals surface area contributed by atoms with Crippen LogP contribution in [0.5, 0.6) is 5.75 Å². The molecule has 0 unspecified atom stereocenters. The highest BCUT2D eigenvalue weighted by atomic mass is 16.5. The SMILES string of the molecule is NCCC1(Oc2ccc3c(c2)CCCC3)CCC1. The van der Waals surface area contributed by atoms with Crippen LogP contribution in [0.25, 0.3) is 0 Å². The number of benzene rings is 1. The second-order valence-electron chi connectivity index (χ2n) is 5.81. The lowest BCUT2D eigenvalue weighted by atomic mass is 9.77. The van der Waals surface area contributed by atoms with E-state index in [-0.39, 0.29) is 5.60 Å². The Morgan fingerprint density at radius 3 is 2.50 bits per heavy atom. The normalized spacial score (nSPS) is 20.9. The summed E-state index contributed by atoms with van der Waals surface area (Å²) in [6.07, 6.45) is 9.73. The molecule has 98 valence electrons. The van der Waals surface area contributed by atoms with Crippen LogP contribution in [0.4, 0.5) is 0 Å². The van der Waals surface area contributed by atoms with Crippen molar-refractivity contribution in [2.75, 3.05) is 6.54 Å². The quantitative estimate of drug-likeness (QED) is 0.884. The van der Waals surface area contributed by atoms with Crippen LogP contribution < -0.4 is 10.5 Å². The number of hydrogen-bond donors (Lipinski definition) is 1. The van der Waals surface area contributed by atoms with Crippen molar-refractivity contribution in [2.45, 2.75) is 57.0 Å². The van der Waals surface area contributed by atoms with Crippen LogP contribution in [-0.2, 0) is 12.8 Å². The van der Waals surface area contributed by atoms with Gasteiger partial charge >= 0.3 is 0 Å². The van der Waals surface area contributed by atoms with E-state index in [0.717, 1.165) is 18.7 Å². The zero-order chi connectivity index (χ0) is 12.4. The molecule has 0 aromatic heterocycles. The Hall–Kier alpha value is -1.02. The van der Waals surface area contributed by atoms with E-state index in [9.17, 15) is 0 Å². The molecule has 0 bridgehead atoms. The lowest BCUT2D eigenvalue weighted by molar-refractivity contribution is -0.0125. The van der Waals surface area contributed by atoms with Gasteiger partial charge in [0.15, 0.2) is 0 Å². The summed E-state index contributed by atoms with van der Waals surface area (Å²) < 4.78 is 6.26. The molecule has 0 atom stereocenters. The molecule has 1 aromatic rings. The minimum atomic E-state index is 0.0532. The first-order chi connectivity index (χ1) is 8.81. The van der Waals surface area contributed by atoms with Gasteiger partial charge in [-0.1, -0.05) is 6.07 Å². The molecule has 2 N–H and O–H groups in total. The van der Waals surface area contributed by atoms with E-state index >= 15 is 0 Å². The zero-order valence-electron chi connectivity index (χ0n) is 11.1. The van der Waals surface area contributed by atoms with Crippen LogP contribution in [-0.4, -0.2) is 12.1 Å². The third-order valence-electron chi connectivity index (χ3n) is 4.52. The minimum Gasteiger partial charge on any atom is -0.487 e. The van der Waals surface area contributed by atoms with E-state index in [1.807, 2.05) is 0 Å². The molecule has 1 saturated carbocycles. The highest BCUT2D eigenvalue weighted by molar-refractivity contribution is 5.37. The van der Waals surface area contributed by atoms with Crippen LogP contribution in [0.3, 0.4) is 0 Å². The highest BCUT2D eigenvalue weighted by Gasteiger charge is 2.38. The Bertz CT molecular complexity index is 423. The van der Waals surface area contributed by atoms with Gasteiger partial charge in [0.25, 0.3) is 0 Å². The molecule has 1 aromatic carbocycles. The summed E-state index contributed by atoms with van der Waals surface area (Å²) in [5, 5.41) is 0. The van der Waals surface area contributed by atoms with E-state index in [0.29, 0.717) is 0 Å². The predicted octanol–water partition coefficient (Wildman–Crippen LogP) is 3.22. The summed E-state index contributed by atoms with van der Waals surface area (Å²) in [6, 6.07) is 6.68. The Labute approximate surface area is 110 Å². The molecule has 2 aliphatic rings. The van der Waals surface area contributed by atoms with E-state index in [1.54, 1.807) is 0 Å². The average Bonchev–Trinajstić information content (AvgIpc) is 2.36. The summed E-state index contributed by atoms with van der Waals surface area (Å²) in [4.78, 5) is 0. The topological polar surface area (TPSA) is 35.2 Å². The number of hydrogen-bond acceptors (Lipinski definition) is 2. The first-order valence-corrected chi connectivity index (χ1v) is 7.32. The number of fused-ring (bicyclic) bond motifs is 1. The fourth-order valence-electron chi connectivity index (χ4n) is 3.26. The maximum Gasteiger partial charge on any atom is 0.120 e. The molecular weight excluding hydrogens is 222 g/mol. The van der Waals surface area contributed by atoms with Gasteiger partial charge in [-0.15, -0.1) is 0 Å². The fourth-order valence-corrected chi connectivity index (χ4v) is 3.26. The molecule has 2 heteroatoms. The fraction of sp³-hybridized carbons (Fsp3) is 0.625. The largest absolute Gasteiger partial charge is 0.487 e. The monoisotopic (exact) mass is 245 g/mol. The summed E-state index contributed by atoms with van der Waals surface area (Å²) in [5.74, 6) is 1.06. The van der Waals surface area contributed by atoms with Gasteiger partial charge in [-0.2, -0.15) is 0 Å². The molecule has 0 radical (unpaired) electrons. The highest BCUT2D eigenvalue weighted by Crippen LogP contribution is 2.39. The Balaban J connectivity index is 1.76. The van der Waals surface area contributed by atoms with E-state index in [1.165, 1.54) is 56.1 Å². The molecule has 2 nitrogen and oxygen atoms in total. The third kappa shape index (κ3) is 2.26. The van der Waals surface area contributed by atoms with Crippen molar-refractivity contribution < 1.29 is 4.74 Å². The second-order valence-corrected chi connectivity index (χ2v) is 5.81. The van der Waals surface area contributed by atoms with Gasteiger partial charge in [-0.3, -0.25) is 0 Å². The van der Waals surface area contributed by atoms with Crippen molar-refractivity contribution in [2.24, 2.45) is 5.73 Å². The predicted molar refractivity (Wildman–Crippen MR) is 74.0 cm³/mol. The van der Waals surface area contributed by atoms with Crippen molar-refractivity contribution in [3.05, 3.63) is 29.3 Å². The molecule has 1 fully saturated rings. The molecule has 0 saturated heterocycles. The van der Waals surface area contributed by atoms with Gasteiger partial charge in [0.05, 0.1) is 0 Å². The third-order valence-corrected chi connectivity index (χ3v) is 4.52. The molecule has 0 heterocycles. The Kier molecular flexibility index (Phi) is 3.29. The maximum absolute atomic E-state index is 6.26. The van der Waals surface area contributed by atoms with Crippen molar-refractivity contribution in [3.8, 4) is 5.75 Å². The summed E-state index contributed by atoms with van der Waals surface area (Å²) in [7, 11) is 0.